The van der Waals surface area contributed by atoms with Gasteiger partial charge in [0.1, 0.15) is 5.82 Å². The van der Waals surface area contributed by atoms with Gasteiger partial charge in [0, 0.05) is 18.5 Å². The molecule has 1 aromatic carbocycles. The molecule has 0 unspecified atom stereocenters. The van der Waals surface area contributed by atoms with E-state index in [0.29, 0.717) is 0 Å². The molecule has 0 aliphatic heterocycles. The number of rotatable bonds is 4. The van der Waals surface area contributed by atoms with Gasteiger partial charge in [-0.15, -0.1) is 11.3 Å². The number of thiophene rings is 1. The minimum absolute atomic E-state index is 0.0263. The van der Waals surface area contributed by atoms with Gasteiger partial charge < -0.3 is 0 Å². The fraction of sp³-hybridized carbons (Fsp3) is 0.167. The predicted molar refractivity (Wildman–Crippen MR) is 69.4 cm³/mol. The minimum Gasteiger partial charge on any atom is -0.207 e. The number of sulfonamides is 1. The Morgan fingerprint density at radius 2 is 2.06 bits per heavy atom. The summed E-state index contributed by atoms with van der Waals surface area (Å²) < 4.78 is 38.6. The first-order valence-electron chi connectivity index (χ1n) is 5.24. The minimum atomic E-state index is -3.64. The van der Waals surface area contributed by atoms with E-state index in [1.165, 1.54) is 40.9 Å². The van der Waals surface area contributed by atoms with Crippen molar-refractivity contribution in [3.05, 3.63) is 52.5 Å². The summed E-state index contributed by atoms with van der Waals surface area (Å²) in [6.07, 6.45) is 0. The molecule has 1 heterocycles. The monoisotopic (exact) mass is 285 g/mol. The molecule has 1 aromatic heterocycles. The van der Waals surface area contributed by atoms with Gasteiger partial charge in [0.05, 0.1) is 4.90 Å². The van der Waals surface area contributed by atoms with E-state index in [4.69, 9.17) is 0 Å². The van der Waals surface area contributed by atoms with Gasteiger partial charge in [0.25, 0.3) is 0 Å². The molecule has 0 saturated carbocycles. The van der Waals surface area contributed by atoms with Gasteiger partial charge in [-0.25, -0.2) is 12.8 Å². The highest BCUT2D eigenvalue weighted by Gasteiger charge is 2.21. The van der Waals surface area contributed by atoms with Crippen LogP contribution in [0.3, 0.4) is 0 Å². The average Bonchev–Trinajstić information content (AvgIpc) is 2.81. The normalized spacial score (nSPS) is 11.9. The quantitative estimate of drug-likeness (QED) is 0.866. The lowest BCUT2D eigenvalue weighted by Crippen LogP contribution is -2.26. The molecule has 0 spiro atoms. The topological polar surface area (TPSA) is 37.4 Å². The molecule has 0 bridgehead atoms. The van der Waals surface area contributed by atoms with Crippen LogP contribution in [0.5, 0.6) is 0 Å². The highest BCUT2D eigenvalue weighted by Crippen LogP contribution is 2.19. The van der Waals surface area contributed by atoms with Crippen molar-refractivity contribution >= 4 is 21.4 Å². The summed E-state index contributed by atoms with van der Waals surface area (Å²) >= 11 is 1.49. The van der Waals surface area contributed by atoms with Crippen molar-refractivity contribution in [1.29, 1.82) is 0 Å². The third kappa shape index (κ3) is 2.77. The zero-order valence-electron chi connectivity index (χ0n) is 9.71. The Bertz CT molecular complexity index is 623. The van der Waals surface area contributed by atoms with Crippen molar-refractivity contribution in [2.45, 2.75) is 11.4 Å². The maximum Gasteiger partial charge on any atom is 0.243 e. The zero-order valence-corrected chi connectivity index (χ0v) is 11.3. The van der Waals surface area contributed by atoms with Gasteiger partial charge in [-0.2, -0.15) is 4.31 Å². The first-order chi connectivity index (χ1) is 8.50. The third-order valence-corrected chi connectivity index (χ3v) is 5.12. The molecule has 0 amide bonds. The fourth-order valence-electron chi connectivity index (χ4n) is 1.51. The van der Waals surface area contributed by atoms with Crippen molar-refractivity contribution in [2.75, 3.05) is 7.05 Å². The summed E-state index contributed by atoms with van der Waals surface area (Å²) in [5.74, 6) is -0.555. The average molecular weight is 285 g/mol. The van der Waals surface area contributed by atoms with Gasteiger partial charge in [0.2, 0.25) is 10.0 Å². The Hall–Kier alpha value is -1.24. The van der Waals surface area contributed by atoms with E-state index in [-0.39, 0.29) is 11.4 Å². The fourth-order valence-corrected chi connectivity index (χ4v) is 3.53. The summed E-state index contributed by atoms with van der Waals surface area (Å²) in [4.78, 5) is 0.916. The maximum absolute atomic E-state index is 13.1. The lowest BCUT2D eigenvalue weighted by molar-refractivity contribution is 0.469. The van der Waals surface area contributed by atoms with Crippen molar-refractivity contribution in [3.63, 3.8) is 0 Å². The number of nitrogens with zero attached hydrogens (tertiary/aromatic N) is 1. The molecule has 0 aliphatic rings. The van der Waals surface area contributed by atoms with Crippen LogP contribution in [0.15, 0.2) is 46.7 Å². The van der Waals surface area contributed by atoms with Crippen LogP contribution in [0.1, 0.15) is 4.88 Å². The van der Waals surface area contributed by atoms with Crippen LogP contribution in [0.4, 0.5) is 4.39 Å². The number of hydrogen-bond donors (Lipinski definition) is 0. The van der Waals surface area contributed by atoms with Crippen LogP contribution in [0.2, 0.25) is 0 Å². The smallest absolute Gasteiger partial charge is 0.207 e. The Labute approximate surface area is 110 Å². The molecular weight excluding hydrogens is 273 g/mol. The third-order valence-electron chi connectivity index (χ3n) is 2.46. The van der Waals surface area contributed by atoms with Gasteiger partial charge in [-0.3, -0.25) is 0 Å². The van der Waals surface area contributed by atoms with E-state index in [9.17, 15) is 12.8 Å². The van der Waals surface area contributed by atoms with E-state index in [1.807, 2.05) is 17.5 Å². The van der Waals surface area contributed by atoms with Crippen molar-refractivity contribution in [2.24, 2.45) is 0 Å². The molecule has 6 heteroatoms. The molecular formula is C12H12FNO2S2. The highest BCUT2D eigenvalue weighted by atomic mass is 32.2. The Balaban J connectivity index is 2.25. The second-order valence-electron chi connectivity index (χ2n) is 3.80. The van der Waals surface area contributed by atoms with Gasteiger partial charge >= 0.3 is 0 Å². The van der Waals surface area contributed by atoms with Gasteiger partial charge in [-0.05, 0) is 29.6 Å². The molecule has 2 rings (SSSR count). The van der Waals surface area contributed by atoms with Crippen molar-refractivity contribution < 1.29 is 12.8 Å². The molecule has 0 aliphatic carbocycles. The van der Waals surface area contributed by atoms with Gasteiger partial charge in [0.15, 0.2) is 0 Å². The standard InChI is InChI=1S/C12H12FNO2S2/c1-14(9-11-5-3-7-17-11)18(15,16)12-6-2-4-10(13)8-12/h2-8H,9H2,1H3. The molecule has 0 radical (unpaired) electrons. The molecule has 18 heavy (non-hydrogen) atoms. The number of benzene rings is 1. The van der Waals surface area contributed by atoms with E-state index in [0.717, 1.165) is 10.9 Å². The van der Waals surface area contributed by atoms with E-state index < -0.39 is 15.8 Å². The second kappa shape index (κ2) is 5.17. The van der Waals surface area contributed by atoms with Crippen LogP contribution < -0.4 is 0 Å². The molecule has 96 valence electrons. The summed E-state index contributed by atoms with van der Waals surface area (Å²) in [6, 6.07) is 8.76. The lowest BCUT2D eigenvalue weighted by atomic mass is 10.4. The molecule has 0 saturated heterocycles. The summed E-state index contributed by atoms with van der Waals surface area (Å²) in [7, 11) is -2.15. The van der Waals surface area contributed by atoms with Gasteiger partial charge in [-0.1, -0.05) is 12.1 Å². The molecule has 0 N–H and O–H groups in total. The summed E-state index contributed by atoms with van der Waals surface area (Å²) in [5.41, 5.74) is 0. The molecule has 0 atom stereocenters. The van der Waals surface area contributed by atoms with Crippen LogP contribution in [0.25, 0.3) is 0 Å². The largest absolute Gasteiger partial charge is 0.243 e. The Kier molecular flexibility index (Phi) is 3.79. The van der Waals surface area contributed by atoms with E-state index in [2.05, 4.69) is 0 Å². The second-order valence-corrected chi connectivity index (χ2v) is 6.87. The van der Waals surface area contributed by atoms with Crippen LogP contribution in [-0.4, -0.2) is 19.8 Å². The zero-order chi connectivity index (χ0) is 13.2. The van der Waals surface area contributed by atoms with Crippen LogP contribution in [0, 0.1) is 5.82 Å². The number of halogens is 1. The summed E-state index contributed by atoms with van der Waals surface area (Å²) in [6.45, 7) is 0.288. The number of hydrogen-bond acceptors (Lipinski definition) is 3. The van der Waals surface area contributed by atoms with E-state index in [1.54, 1.807) is 0 Å². The highest BCUT2D eigenvalue weighted by molar-refractivity contribution is 7.89. The van der Waals surface area contributed by atoms with Crippen LogP contribution >= 0.6 is 11.3 Å². The Morgan fingerprint density at radius 1 is 1.28 bits per heavy atom. The molecule has 0 fully saturated rings. The summed E-state index contributed by atoms with van der Waals surface area (Å²) in [5, 5.41) is 1.89. The Morgan fingerprint density at radius 3 is 2.67 bits per heavy atom. The van der Waals surface area contributed by atoms with Crippen molar-refractivity contribution in [1.82, 2.24) is 4.31 Å². The van der Waals surface area contributed by atoms with Crippen LogP contribution in [-0.2, 0) is 16.6 Å². The lowest BCUT2D eigenvalue weighted by Gasteiger charge is -2.16. The first kappa shape index (κ1) is 13.2. The van der Waals surface area contributed by atoms with Crippen molar-refractivity contribution in [3.8, 4) is 0 Å². The molecule has 3 nitrogen and oxygen atoms in total. The molecule has 2 aromatic rings. The first-order valence-corrected chi connectivity index (χ1v) is 7.56. The predicted octanol–water partition coefficient (Wildman–Crippen LogP) is 2.71. The van der Waals surface area contributed by atoms with E-state index >= 15 is 0 Å². The SMILES string of the molecule is CN(Cc1cccs1)S(=O)(=O)c1cccc(F)c1. The maximum atomic E-state index is 13.1.